The zero-order valence-electron chi connectivity index (χ0n) is 13.3. The van der Waals surface area contributed by atoms with Gasteiger partial charge in [0.25, 0.3) is 0 Å². The fraction of sp³-hybridized carbons (Fsp3) is 0.600. The van der Waals surface area contributed by atoms with Crippen LogP contribution in [0.4, 0.5) is 5.69 Å². The van der Waals surface area contributed by atoms with E-state index in [0.29, 0.717) is 4.90 Å². The van der Waals surface area contributed by atoms with E-state index in [0.717, 1.165) is 12.2 Å². The molecule has 0 saturated carbocycles. The summed E-state index contributed by atoms with van der Waals surface area (Å²) in [7, 11) is -1.81. The molecule has 1 N–H and O–H groups in total. The molecule has 0 amide bonds. The van der Waals surface area contributed by atoms with Gasteiger partial charge in [-0.1, -0.05) is 20.8 Å². The highest BCUT2D eigenvalue weighted by Crippen LogP contribution is 2.27. The second-order valence-electron chi connectivity index (χ2n) is 6.12. The fourth-order valence-corrected chi connectivity index (χ4v) is 3.41. The second-order valence-corrected chi connectivity index (χ2v) is 8.12. The molecule has 0 aliphatic rings. The summed E-state index contributed by atoms with van der Waals surface area (Å²) in [4.78, 5) is 0.331. The molecule has 1 aromatic rings. The molecule has 4 nitrogen and oxygen atoms in total. The van der Waals surface area contributed by atoms with Crippen LogP contribution in [0, 0.1) is 5.41 Å². The molecule has 0 aliphatic carbocycles. The average molecular weight is 298 g/mol. The van der Waals surface area contributed by atoms with E-state index in [1.165, 1.54) is 4.31 Å². The Balaban J connectivity index is 3.04. The lowest BCUT2D eigenvalue weighted by Gasteiger charge is -2.34. The van der Waals surface area contributed by atoms with Crippen LogP contribution in [0.25, 0.3) is 0 Å². The summed E-state index contributed by atoms with van der Waals surface area (Å²) >= 11 is 0. The lowest BCUT2D eigenvalue weighted by atomic mass is 9.88. The van der Waals surface area contributed by atoms with Crippen molar-refractivity contribution in [2.45, 2.75) is 45.6 Å². The van der Waals surface area contributed by atoms with Gasteiger partial charge in [-0.25, -0.2) is 8.42 Å². The molecule has 1 aromatic carbocycles. The molecule has 1 unspecified atom stereocenters. The highest BCUT2D eigenvalue weighted by molar-refractivity contribution is 7.89. The van der Waals surface area contributed by atoms with Gasteiger partial charge in [0.05, 0.1) is 4.90 Å². The lowest BCUT2D eigenvalue weighted by molar-refractivity contribution is 0.216. The van der Waals surface area contributed by atoms with Crippen LogP contribution >= 0.6 is 0 Å². The van der Waals surface area contributed by atoms with Crippen LogP contribution in [-0.2, 0) is 10.0 Å². The highest BCUT2D eigenvalue weighted by Gasteiger charge is 2.32. The Morgan fingerprint density at radius 3 is 2.10 bits per heavy atom. The van der Waals surface area contributed by atoms with Gasteiger partial charge >= 0.3 is 0 Å². The van der Waals surface area contributed by atoms with Crippen LogP contribution in [0.15, 0.2) is 29.2 Å². The Hall–Kier alpha value is -1.07. The Morgan fingerprint density at radius 1 is 1.20 bits per heavy atom. The number of benzene rings is 1. The molecule has 114 valence electrons. The molecule has 0 fully saturated rings. The Bertz CT molecular complexity index is 530. The van der Waals surface area contributed by atoms with Gasteiger partial charge in [-0.3, -0.25) is 0 Å². The quantitative estimate of drug-likeness (QED) is 0.908. The number of nitrogens with zero attached hydrogens (tertiary/aromatic N) is 1. The fourth-order valence-electron chi connectivity index (χ4n) is 1.87. The molecule has 0 bridgehead atoms. The van der Waals surface area contributed by atoms with Crippen molar-refractivity contribution < 1.29 is 8.42 Å². The van der Waals surface area contributed by atoms with Crippen molar-refractivity contribution in [2.75, 3.05) is 18.9 Å². The number of anilines is 1. The summed E-state index contributed by atoms with van der Waals surface area (Å²) in [6, 6.07) is 6.82. The maximum absolute atomic E-state index is 12.6. The molecule has 20 heavy (non-hydrogen) atoms. The number of rotatable bonds is 5. The Morgan fingerprint density at radius 2 is 1.70 bits per heavy atom. The number of nitrogens with one attached hydrogen (secondary N) is 1. The summed E-state index contributed by atoms with van der Waals surface area (Å²) in [6.07, 6.45) is 0. The standard InChI is InChI=1S/C15H26N2O2S/c1-7-16-13-8-10-14(11-9-13)20(18,19)17(6)12(2)15(3,4)5/h8-12,16H,7H2,1-6H3. The van der Waals surface area contributed by atoms with Crippen LogP contribution in [-0.4, -0.2) is 32.4 Å². The van der Waals surface area contributed by atoms with E-state index in [9.17, 15) is 8.42 Å². The first kappa shape index (κ1) is 17.0. The summed E-state index contributed by atoms with van der Waals surface area (Å²) in [5, 5.41) is 3.15. The van der Waals surface area contributed by atoms with E-state index in [2.05, 4.69) is 5.32 Å². The van der Waals surface area contributed by atoms with Crippen LogP contribution in [0.2, 0.25) is 0 Å². The second kappa shape index (κ2) is 6.14. The van der Waals surface area contributed by atoms with Gasteiger partial charge in [0, 0.05) is 25.3 Å². The van der Waals surface area contributed by atoms with E-state index in [1.54, 1.807) is 31.3 Å². The molecular weight excluding hydrogens is 272 g/mol. The predicted molar refractivity (Wildman–Crippen MR) is 84.5 cm³/mol. The summed E-state index contributed by atoms with van der Waals surface area (Å²) < 4.78 is 26.6. The lowest BCUT2D eigenvalue weighted by Crippen LogP contribution is -2.42. The largest absolute Gasteiger partial charge is 0.385 e. The average Bonchev–Trinajstić information content (AvgIpc) is 2.37. The van der Waals surface area contributed by atoms with Gasteiger partial charge in [0.2, 0.25) is 10.0 Å². The minimum absolute atomic E-state index is 0.0825. The molecule has 0 saturated heterocycles. The highest BCUT2D eigenvalue weighted by atomic mass is 32.2. The van der Waals surface area contributed by atoms with E-state index < -0.39 is 10.0 Å². The minimum atomic E-state index is -3.45. The van der Waals surface area contributed by atoms with Gasteiger partial charge in [0.1, 0.15) is 0 Å². The van der Waals surface area contributed by atoms with Crippen molar-refractivity contribution in [2.24, 2.45) is 5.41 Å². The van der Waals surface area contributed by atoms with Crippen molar-refractivity contribution >= 4 is 15.7 Å². The van der Waals surface area contributed by atoms with E-state index >= 15 is 0 Å². The molecule has 0 aromatic heterocycles. The summed E-state index contributed by atoms with van der Waals surface area (Å²) in [6.45, 7) is 10.9. The molecular formula is C15H26N2O2S. The first-order valence-electron chi connectivity index (χ1n) is 6.92. The van der Waals surface area contributed by atoms with Gasteiger partial charge < -0.3 is 5.32 Å². The first-order valence-corrected chi connectivity index (χ1v) is 8.36. The van der Waals surface area contributed by atoms with Crippen molar-refractivity contribution in [3.05, 3.63) is 24.3 Å². The third-order valence-corrected chi connectivity index (χ3v) is 5.65. The predicted octanol–water partition coefficient (Wildman–Crippen LogP) is 3.17. The topological polar surface area (TPSA) is 49.4 Å². The van der Waals surface area contributed by atoms with Crippen molar-refractivity contribution in [3.63, 3.8) is 0 Å². The molecule has 0 spiro atoms. The molecule has 5 heteroatoms. The van der Waals surface area contributed by atoms with Crippen LogP contribution < -0.4 is 5.32 Å². The number of hydrogen-bond donors (Lipinski definition) is 1. The third kappa shape index (κ3) is 3.73. The van der Waals surface area contributed by atoms with Crippen LogP contribution in [0.5, 0.6) is 0 Å². The van der Waals surface area contributed by atoms with Crippen LogP contribution in [0.1, 0.15) is 34.6 Å². The molecule has 1 rings (SSSR count). The summed E-state index contributed by atoms with van der Waals surface area (Å²) in [5.41, 5.74) is 0.823. The van der Waals surface area contributed by atoms with Crippen molar-refractivity contribution in [3.8, 4) is 0 Å². The minimum Gasteiger partial charge on any atom is -0.385 e. The zero-order valence-corrected chi connectivity index (χ0v) is 14.1. The monoisotopic (exact) mass is 298 g/mol. The molecule has 1 atom stereocenters. The van der Waals surface area contributed by atoms with Crippen LogP contribution in [0.3, 0.4) is 0 Å². The Kier molecular flexibility index (Phi) is 5.21. The maximum Gasteiger partial charge on any atom is 0.243 e. The molecule has 0 aliphatic heterocycles. The Labute approximate surface area is 123 Å². The van der Waals surface area contributed by atoms with Gasteiger partial charge in [-0.2, -0.15) is 4.31 Å². The summed E-state index contributed by atoms with van der Waals surface area (Å²) in [5.74, 6) is 0. The third-order valence-electron chi connectivity index (χ3n) is 3.71. The zero-order chi connectivity index (χ0) is 15.6. The SMILES string of the molecule is CCNc1ccc(S(=O)(=O)N(C)C(C)C(C)(C)C)cc1. The van der Waals surface area contributed by atoms with E-state index in [4.69, 9.17) is 0 Å². The van der Waals surface area contributed by atoms with Crippen molar-refractivity contribution in [1.29, 1.82) is 0 Å². The van der Waals surface area contributed by atoms with Crippen molar-refractivity contribution in [1.82, 2.24) is 4.31 Å². The normalized spacial score (nSPS) is 14.3. The number of hydrogen-bond acceptors (Lipinski definition) is 3. The van der Waals surface area contributed by atoms with E-state index in [-0.39, 0.29) is 11.5 Å². The van der Waals surface area contributed by atoms with Gasteiger partial charge in [0.15, 0.2) is 0 Å². The smallest absolute Gasteiger partial charge is 0.243 e. The first-order chi connectivity index (χ1) is 9.10. The van der Waals surface area contributed by atoms with Gasteiger partial charge in [-0.05, 0) is 43.5 Å². The van der Waals surface area contributed by atoms with Gasteiger partial charge in [-0.15, -0.1) is 0 Å². The molecule has 0 heterocycles. The number of sulfonamides is 1. The maximum atomic E-state index is 12.6. The van der Waals surface area contributed by atoms with E-state index in [1.807, 2.05) is 34.6 Å². The molecule has 0 radical (unpaired) electrons.